The molecule has 7 heteroatoms. The Labute approximate surface area is 123 Å². The summed E-state index contributed by atoms with van der Waals surface area (Å²) in [6, 6.07) is 2.79. The van der Waals surface area contributed by atoms with Gasteiger partial charge in [0, 0.05) is 19.0 Å². The van der Waals surface area contributed by atoms with Crippen LogP contribution in [-0.4, -0.2) is 31.4 Å². The summed E-state index contributed by atoms with van der Waals surface area (Å²) >= 11 is 5.62. The van der Waals surface area contributed by atoms with E-state index in [0.717, 1.165) is 16.4 Å². The molecule has 0 saturated heterocycles. The molecule has 0 bridgehead atoms. The Morgan fingerprint density at radius 2 is 1.85 bits per heavy atom. The van der Waals surface area contributed by atoms with E-state index >= 15 is 0 Å². The van der Waals surface area contributed by atoms with Gasteiger partial charge in [0.2, 0.25) is 10.0 Å². The first-order chi connectivity index (χ1) is 9.19. The van der Waals surface area contributed by atoms with Gasteiger partial charge in [-0.3, -0.25) is 0 Å². The summed E-state index contributed by atoms with van der Waals surface area (Å²) in [5.74, 6) is -1.97. The molecule has 114 valence electrons. The van der Waals surface area contributed by atoms with Crippen molar-refractivity contribution in [3.63, 3.8) is 0 Å². The molecular weight excluding hydrogens is 308 g/mol. The standard InChI is InChI=1S/C13H18ClF2NO2S/c1-9(7-14)8-20(18,19)17(3)10(2)11-4-5-12(15)13(16)6-11/h4-6,9-10H,7-8H2,1-3H3. The number of rotatable bonds is 6. The fourth-order valence-electron chi connectivity index (χ4n) is 1.74. The zero-order chi connectivity index (χ0) is 15.5. The quantitative estimate of drug-likeness (QED) is 0.753. The summed E-state index contributed by atoms with van der Waals surface area (Å²) in [5, 5.41) is 0. The minimum atomic E-state index is -3.51. The minimum absolute atomic E-state index is 0.0823. The van der Waals surface area contributed by atoms with Crippen LogP contribution in [-0.2, 0) is 10.0 Å². The molecule has 0 N–H and O–H groups in total. The number of sulfonamides is 1. The van der Waals surface area contributed by atoms with Crippen LogP contribution >= 0.6 is 11.6 Å². The summed E-state index contributed by atoms with van der Waals surface area (Å²) in [7, 11) is -2.09. The van der Waals surface area contributed by atoms with Crippen molar-refractivity contribution >= 4 is 21.6 Å². The molecule has 1 rings (SSSR count). The van der Waals surface area contributed by atoms with Crippen LogP contribution in [0.2, 0.25) is 0 Å². The fourth-order valence-corrected chi connectivity index (χ4v) is 3.66. The average molecular weight is 326 g/mol. The topological polar surface area (TPSA) is 37.4 Å². The Bertz CT molecular complexity index is 565. The first-order valence-corrected chi connectivity index (χ1v) is 8.30. The number of halogens is 3. The molecule has 2 atom stereocenters. The first kappa shape index (κ1) is 17.3. The van der Waals surface area contributed by atoms with Crippen LogP contribution in [0.5, 0.6) is 0 Å². The van der Waals surface area contributed by atoms with Gasteiger partial charge in [0.15, 0.2) is 11.6 Å². The lowest BCUT2D eigenvalue weighted by molar-refractivity contribution is 0.392. The third-order valence-electron chi connectivity index (χ3n) is 3.17. The molecule has 0 fully saturated rings. The molecule has 0 spiro atoms. The minimum Gasteiger partial charge on any atom is -0.212 e. The van der Waals surface area contributed by atoms with E-state index in [1.807, 2.05) is 0 Å². The van der Waals surface area contributed by atoms with Crippen LogP contribution < -0.4 is 0 Å². The lowest BCUT2D eigenvalue weighted by Gasteiger charge is -2.25. The van der Waals surface area contributed by atoms with Crippen molar-refractivity contribution in [1.29, 1.82) is 0 Å². The van der Waals surface area contributed by atoms with E-state index < -0.39 is 27.7 Å². The summed E-state index contributed by atoms with van der Waals surface area (Å²) < 4.78 is 51.6. The van der Waals surface area contributed by atoms with Crippen LogP contribution in [0.1, 0.15) is 25.5 Å². The Morgan fingerprint density at radius 1 is 1.25 bits per heavy atom. The second-order valence-corrected chi connectivity index (χ2v) is 7.29. The maximum Gasteiger partial charge on any atom is 0.214 e. The van der Waals surface area contributed by atoms with Crippen molar-refractivity contribution in [3.05, 3.63) is 35.4 Å². The molecular formula is C13H18ClF2NO2S. The van der Waals surface area contributed by atoms with Crippen LogP contribution in [0.4, 0.5) is 8.78 Å². The van der Waals surface area contributed by atoms with Gasteiger partial charge < -0.3 is 0 Å². The van der Waals surface area contributed by atoms with Crippen molar-refractivity contribution in [2.45, 2.75) is 19.9 Å². The summed E-state index contributed by atoms with van der Waals surface area (Å²) in [6.07, 6.45) is 0. The van der Waals surface area contributed by atoms with Crippen molar-refractivity contribution in [2.24, 2.45) is 5.92 Å². The van der Waals surface area contributed by atoms with Gasteiger partial charge >= 0.3 is 0 Å². The second-order valence-electron chi connectivity index (χ2n) is 4.90. The maximum atomic E-state index is 13.2. The smallest absolute Gasteiger partial charge is 0.212 e. The molecule has 0 aliphatic carbocycles. The van der Waals surface area contributed by atoms with E-state index in [-0.39, 0.29) is 17.6 Å². The van der Waals surface area contributed by atoms with Gasteiger partial charge in [-0.1, -0.05) is 13.0 Å². The Hall–Kier alpha value is -0.720. The van der Waals surface area contributed by atoms with Crippen molar-refractivity contribution in [1.82, 2.24) is 4.31 Å². The van der Waals surface area contributed by atoms with Crippen LogP contribution in [0.3, 0.4) is 0 Å². The highest BCUT2D eigenvalue weighted by Crippen LogP contribution is 2.24. The van der Waals surface area contributed by atoms with Gasteiger partial charge in [0.05, 0.1) is 5.75 Å². The highest BCUT2D eigenvalue weighted by atomic mass is 35.5. The normalized spacial score (nSPS) is 15.3. The predicted molar refractivity (Wildman–Crippen MR) is 76.2 cm³/mol. The van der Waals surface area contributed by atoms with E-state index in [9.17, 15) is 17.2 Å². The number of hydrogen-bond acceptors (Lipinski definition) is 2. The molecule has 2 unspecified atom stereocenters. The number of hydrogen-bond donors (Lipinski definition) is 0. The highest BCUT2D eigenvalue weighted by Gasteiger charge is 2.26. The average Bonchev–Trinajstić information content (AvgIpc) is 2.39. The lowest BCUT2D eigenvalue weighted by atomic mass is 10.1. The van der Waals surface area contributed by atoms with Gasteiger partial charge in [-0.15, -0.1) is 11.6 Å². The summed E-state index contributed by atoms with van der Waals surface area (Å²) in [4.78, 5) is 0. The molecule has 1 aromatic rings. The molecule has 0 aromatic heterocycles. The molecule has 0 aliphatic heterocycles. The molecule has 1 aromatic carbocycles. The molecule has 3 nitrogen and oxygen atoms in total. The van der Waals surface area contributed by atoms with E-state index in [4.69, 9.17) is 11.6 Å². The second kappa shape index (κ2) is 6.83. The molecule has 0 amide bonds. The SMILES string of the molecule is CC(CCl)CS(=O)(=O)N(C)C(C)c1ccc(F)c(F)c1. The summed E-state index contributed by atoms with van der Waals surface area (Å²) in [6.45, 7) is 3.36. The molecule has 0 aliphatic rings. The maximum absolute atomic E-state index is 13.2. The predicted octanol–water partition coefficient (Wildman–Crippen LogP) is 3.16. The van der Waals surface area contributed by atoms with Crippen molar-refractivity contribution in [2.75, 3.05) is 18.7 Å². The van der Waals surface area contributed by atoms with Crippen LogP contribution in [0.25, 0.3) is 0 Å². The van der Waals surface area contributed by atoms with Crippen LogP contribution in [0, 0.1) is 17.6 Å². The van der Waals surface area contributed by atoms with Gasteiger partial charge in [0.1, 0.15) is 0 Å². The third kappa shape index (κ3) is 4.14. The lowest BCUT2D eigenvalue weighted by Crippen LogP contribution is -2.34. The number of nitrogens with zero attached hydrogens (tertiary/aromatic N) is 1. The van der Waals surface area contributed by atoms with E-state index in [2.05, 4.69) is 0 Å². The molecule has 0 heterocycles. The van der Waals surface area contributed by atoms with Crippen LogP contribution in [0.15, 0.2) is 18.2 Å². The Kier molecular flexibility index (Phi) is 5.91. The number of benzene rings is 1. The largest absolute Gasteiger partial charge is 0.214 e. The van der Waals surface area contributed by atoms with Crippen molar-refractivity contribution < 1.29 is 17.2 Å². The highest BCUT2D eigenvalue weighted by molar-refractivity contribution is 7.89. The van der Waals surface area contributed by atoms with Gasteiger partial charge in [-0.05, 0) is 30.5 Å². The Balaban J connectivity index is 2.95. The van der Waals surface area contributed by atoms with Crippen molar-refractivity contribution in [3.8, 4) is 0 Å². The molecule has 0 saturated carbocycles. The number of alkyl halides is 1. The zero-order valence-electron chi connectivity index (χ0n) is 11.6. The first-order valence-electron chi connectivity index (χ1n) is 6.15. The monoisotopic (exact) mass is 325 g/mol. The van der Waals surface area contributed by atoms with E-state index in [0.29, 0.717) is 5.56 Å². The third-order valence-corrected chi connectivity index (χ3v) is 5.88. The van der Waals surface area contributed by atoms with E-state index in [1.165, 1.54) is 13.1 Å². The fraction of sp³-hybridized carbons (Fsp3) is 0.538. The van der Waals surface area contributed by atoms with Gasteiger partial charge in [-0.2, -0.15) is 4.31 Å². The summed E-state index contributed by atoms with van der Waals surface area (Å²) in [5.41, 5.74) is 0.397. The Morgan fingerprint density at radius 3 is 2.35 bits per heavy atom. The molecule has 20 heavy (non-hydrogen) atoms. The molecule has 0 radical (unpaired) electrons. The zero-order valence-corrected chi connectivity index (χ0v) is 13.2. The van der Waals surface area contributed by atoms with Gasteiger partial charge in [-0.25, -0.2) is 17.2 Å². The van der Waals surface area contributed by atoms with E-state index in [1.54, 1.807) is 13.8 Å². The van der Waals surface area contributed by atoms with Gasteiger partial charge in [0.25, 0.3) is 0 Å².